The Morgan fingerprint density at radius 3 is 2.70 bits per heavy atom. The zero-order valence-corrected chi connectivity index (χ0v) is 19.8. The van der Waals surface area contributed by atoms with Crippen LogP contribution in [0.2, 0.25) is 0 Å². The van der Waals surface area contributed by atoms with Gasteiger partial charge in [0, 0.05) is 50.9 Å². The minimum atomic E-state index is -0.615. The van der Waals surface area contributed by atoms with E-state index in [1.807, 2.05) is 43.8 Å². The second-order valence-electron chi connectivity index (χ2n) is 8.56. The van der Waals surface area contributed by atoms with Crippen molar-refractivity contribution in [2.24, 2.45) is 0 Å². The number of nitrogens with zero attached hydrogens (tertiary/aromatic N) is 4. The molecule has 3 heterocycles. The normalized spacial score (nSPS) is 16.1. The highest BCUT2D eigenvalue weighted by Crippen LogP contribution is 2.28. The van der Waals surface area contributed by atoms with Crippen LogP contribution in [-0.2, 0) is 9.53 Å². The van der Waals surface area contributed by atoms with Gasteiger partial charge in [-0.05, 0) is 56.8 Å². The van der Waals surface area contributed by atoms with E-state index in [0.717, 1.165) is 23.2 Å². The Morgan fingerprint density at radius 1 is 1.27 bits per heavy atom. The number of nitrogens with one attached hydrogen (secondary N) is 2. The molecule has 178 valence electrons. The first-order chi connectivity index (χ1) is 15.7. The van der Waals surface area contributed by atoms with Gasteiger partial charge in [-0.15, -0.1) is 0 Å². The lowest BCUT2D eigenvalue weighted by Gasteiger charge is -2.41. The molecule has 1 atom stereocenters. The lowest BCUT2D eigenvalue weighted by atomic mass is 10.0. The summed E-state index contributed by atoms with van der Waals surface area (Å²) in [6, 6.07) is 5.21. The van der Waals surface area contributed by atoms with E-state index in [1.54, 1.807) is 12.3 Å². The second kappa shape index (κ2) is 10.5. The van der Waals surface area contributed by atoms with Crippen LogP contribution in [-0.4, -0.2) is 85.2 Å². The van der Waals surface area contributed by atoms with Crippen molar-refractivity contribution in [3.05, 3.63) is 40.3 Å². The van der Waals surface area contributed by atoms with Crippen LogP contribution >= 0.6 is 0 Å². The van der Waals surface area contributed by atoms with Gasteiger partial charge in [0.05, 0.1) is 7.11 Å². The fraction of sp³-hybridized carbons (Fsp3) is 0.478. The third-order valence-electron chi connectivity index (χ3n) is 5.72. The number of amides is 2. The maximum Gasteiger partial charge on any atom is 0.412 e. The van der Waals surface area contributed by atoms with Gasteiger partial charge in [-0.1, -0.05) is 0 Å². The first kappa shape index (κ1) is 24.2. The van der Waals surface area contributed by atoms with Gasteiger partial charge < -0.3 is 24.4 Å². The Labute approximate surface area is 193 Å². The minimum Gasteiger partial charge on any atom is -0.453 e. The second-order valence-corrected chi connectivity index (χ2v) is 8.56. The van der Waals surface area contributed by atoms with E-state index in [4.69, 9.17) is 0 Å². The molecule has 1 aliphatic rings. The summed E-state index contributed by atoms with van der Waals surface area (Å²) in [6.07, 6.45) is 1.52. The van der Waals surface area contributed by atoms with Gasteiger partial charge in [0.15, 0.2) is 0 Å². The van der Waals surface area contributed by atoms with Crippen molar-refractivity contribution in [3.63, 3.8) is 0 Å². The molecule has 2 N–H and O–H groups in total. The fourth-order valence-electron chi connectivity index (χ4n) is 3.92. The van der Waals surface area contributed by atoms with Crippen LogP contribution in [0.3, 0.4) is 0 Å². The van der Waals surface area contributed by atoms with Crippen LogP contribution in [0.4, 0.5) is 16.4 Å². The number of aryl methyl sites for hydroxylation is 1. The Bertz CT molecular complexity index is 1070. The molecule has 1 aliphatic heterocycles. The monoisotopic (exact) mass is 456 g/mol. The lowest BCUT2D eigenvalue weighted by Crippen LogP contribution is -2.54. The summed E-state index contributed by atoms with van der Waals surface area (Å²) in [4.78, 5) is 49.7. The quantitative estimate of drug-likeness (QED) is 0.683. The van der Waals surface area contributed by atoms with Crippen LogP contribution in [0.1, 0.15) is 18.9 Å². The summed E-state index contributed by atoms with van der Waals surface area (Å²) >= 11 is 0. The van der Waals surface area contributed by atoms with Gasteiger partial charge in [0.2, 0.25) is 11.5 Å². The maximum atomic E-state index is 12.5. The molecular formula is C23H32N6O4. The highest BCUT2D eigenvalue weighted by Gasteiger charge is 2.27. The number of anilines is 2. The lowest BCUT2D eigenvalue weighted by molar-refractivity contribution is -0.132. The minimum absolute atomic E-state index is 0.0445. The number of H-pyrrole nitrogens is 1. The molecule has 2 aromatic rings. The van der Waals surface area contributed by atoms with E-state index in [1.165, 1.54) is 13.2 Å². The predicted octanol–water partition coefficient (Wildman–Crippen LogP) is 1.91. The van der Waals surface area contributed by atoms with Gasteiger partial charge >= 0.3 is 6.09 Å². The molecule has 2 aromatic heterocycles. The number of piperazine rings is 1. The van der Waals surface area contributed by atoms with Crippen LogP contribution in [0, 0.1) is 6.92 Å². The standard InChI is InChI=1S/C23H32N6O4/c1-15-13-24-19(25-23(32)33-5)12-18(15)17-10-20(26-21(30)11-17)29-9-8-28(14-16(29)2)22(31)6-7-27(3)4/h10-13,16H,6-9,14H2,1-5H3,(H,26,30)(H,24,25,32)/t16-/m0/s1. The molecule has 10 nitrogen and oxygen atoms in total. The average Bonchev–Trinajstić information content (AvgIpc) is 2.78. The number of aromatic nitrogens is 2. The number of carbonyl (C=O) groups excluding carboxylic acids is 2. The van der Waals surface area contributed by atoms with E-state index >= 15 is 0 Å². The van der Waals surface area contributed by atoms with Crippen LogP contribution < -0.4 is 15.8 Å². The van der Waals surface area contributed by atoms with E-state index in [9.17, 15) is 14.4 Å². The number of rotatable bonds is 6. The summed E-state index contributed by atoms with van der Waals surface area (Å²) in [5.41, 5.74) is 2.15. The molecule has 0 unspecified atom stereocenters. The first-order valence-electron chi connectivity index (χ1n) is 10.9. The molecular weight excluding hydrogens is 424 g/mol. The molecule has 0 aliphatic carbocycles. The predicted molar refractivity (Wildman–Crippen MR) is 128 cm³/mol. The topological polar surface area (TPSA) is 111 Å². The number of methoxy groups -OCH3 is 1. The number of hydrogen-bond acceptors (Lipinski definition) is 7. The largest absolute Gasteiger partial charge is 0.453 e. The Hall–Kier alpha value is -3.40. The molecule has 3 rings (SSSR count). The van der Waals surface area contributed by atoms with Crippen molar-refractivity contribution >= 4 is 23.6 Å². The Morgan fingerprint density at radius 2 is 2.03 bits per heavy atom. The zero-order valence-electron chi connectivity index (χ0n) is 19.8. The zero-order chi connectivity index (χ0) is 24.1. The summed E-state index contributed by atoms with van der Waals surface area (Å²) in [7, 11) is 5.19. The summed E-state index contributed by atoms with van der Waals surface area (Å²) in [5.74, 6) is 1.18. The van der Waals surface area contributed by atoms with Crippen LogP contribution in [0.15, 0.2) is 29.2 Å². The molecule has 0 spiro atoms. The van der Waals surface area contributed by atoms with Crippen molar-refractivity contribution in [2.45, 2.75) is 26.3 Å². The fourth-order valence-corrected chi connectivity index (χ4v) is 3.92. The Balaban J connectivity index is 1.81. The van der Waals surface area contributed by atoms with Gasteiger partial charge in [-0.2, -0.15) is 0 Å². The van der Waals surface area contributed by atoms with Crippen LogP contribution in [0.5, 0.6) is 0 Å². The highest BCUT2D eigenvalue weighted by molar-refractivity contribution is 5.85. The van der Waals surface area contributed by atoms with Gasteiger partial charge in [0.25, 0.3) is 0 Å². The van der Waals surface area contributed by atoms with Crippen molar-refractivity contribution < 1.29 is 14.3 Å². The van der Waals surface area contributed by atoms with E-state index in [2.05, 4.69) is 24.9 Å². The van der Waals surface area contributed by atoms with Gasteiger partial charge in [0.1, 0.15) is 11.6 Å². The van der Waals surface area contributed by atoms with Crippen molar-refractivity contribution in [2.75, 3.05) is 57.6 Å². The highest BCUT2D eigenvalue weighted by atomic mass is 16.5. The van der Waals surface area contributed by atoms with Crippen molar-refractivity contribution in [1.29, 1.82) is 0 Å². The van der Waals surface area contributed by atoms with E-state index in [0.29, 0.717) is 37.7 Å². The van der Waals surface area contributed by atoms with Crippen molar-refractivity contribution in [1.82, 2.24) is 19.8 Å². The number of ether oxygens (including phenoxy) is 1. The van der Waals surface area contributed by atoms with Gasteiger partial charge in [-0.3, -0.25) is 14.9 Å². The SMILES string of the molecule is COC(=O)Nc1cc(-c2cc(N3CCN(C(=O)CCN(C)C)C[C@@H]3C)[nH]c(=O)c2)c(C)cn1. The molecule has 2 amide bonds. The van der Waals surface area contributed by atoms with Gasteiger partial charge in [-0.25, -0.2) is 9.78 Å². The number of hydrogen-bond donors (Lipinski definition) is 2. The summed E-state index contributed by atoms with van der Waals surface area (Å²) in [5, 5.41) is 2.55. The molecule has 0 radical (unpaired) electrons. The van der Waals surface area contributed by atoms with E-state index in [-0.39, 0.29) is 17.5 Å². The molecule has 0 aromatic carbocycles. The number of pyridine rings is 2. The van der Waals surface area contributed by atoms with Crippen molar-refractivity contribution in [3.8, 4) is 11.1 Å². The third kappa shape index (κ3) is 6.10. The van der Waals surface area contributed by atoms with E-state index < -0.39 is 6.09 Å². The molecule has 0 bridgehead atoms. The number of aromatic amines is 1. The smallest absolute Gasteiger partial charge is 0.412 e. The summed E-state index contributed by atoms with van der Waals surface area (Å²) in [6.45, 7) is 6.49. The summed E-state index contributed by atoms with van der Waals surface area (Å²) < 4.78 is 4.63. The first-order valence-corrected chi connectivity index (χ1v) is 10.9. The molecule has 1 saturated heterocycles. The molecule has 0 saturated carbocycles. The third-order valence-corrected chi connectivity index (χ3v) is 5.72. The number of carbonyl (C=O) groups is 2. The molecule has 1 fully saturated rings. The molecule has 33 heavy (non-hydrogen) atoms. The van der Waals surface area contributed by atoms with Crippen LogP contribution in [0.25, 0.3) is 11.1 Å². The Kier molecular flexibility index (Phi) is 7.70. The maximum absolute atomic E-state index is 12.5. The average molecular weight is 457 g/mol. The molecule has 10 heteroatoms.